The molecule has 0 bridgehead atoms. The van der Waals surface area contributed by atoms with Gasteiger partial charge in [0.05, 0.1) is 10.8 Å². The van der Waals surface area contributed by atoms with Gasteiger partial charge in [0.2, 0.25) is 11.7 Å². The minimum atomic E-state index is -0.617. The molecule has 1 heterocycles. The number of ether oxygens (including phenoxy) is 1. The normalized spacial score (nSPS) is 15.8. The first kappa shape index (κ1) is 21.2. The fourth-order valence-electron chi connectivity index (χ4n) is 3.37. The number of nitro benzene ring substituents is 1. The van der Waals surface area contributed by atoms with E-state index in [-0.39, 0.29) is 30.1 Å². The summed E-state index contributed by atoms with van der Waals surface area (Å²) < 4.78 is 5.09. The van der Waals surface area contributed by atoms with Gasteiger partial charge in [0.25, 0.3) is 5.69 Å². The van der Waals surface area contributed by atoms with Crippen molar-refractivity contribution < 1.29 is 24.0 Å². The number of carbonyl (C=O) groups is 3. The molecule has 0 radical (unpaired) electrons. The maximum atomic E-state index is 12.3. The van der Waals surface area contributed by atoms with Gasteiger partial charge in [-0.3, -0.25) is 24.5 Å². The molecule has 0 unspecified atom stereocenters. The molecule has 3 rings (SSSR count). The molecule has 1 saturated heterocycles. The van der Waals surface area contributed by atoms with E-state index in [0.29, 0.717) is 18.5 Å². The van der Waals surface area contributed by atoms with Crippen LogP contribution in [0.25, 0.3) is 0 Å². The molecule has 8 heteroatoms. The number of aryl methyl sites for hydroxylation is 1. The van der Waals surface area contributed by atoms with E-state index < -0.39 is 29.2 Å². The van der Waals surface area contributed by atoms with Crippen molar-refractivity contribution in [3.8, 4) is 0 Å². The molecule has 8 nitrogen and oxygen atoms in total. The highest BCUT2D eigenvalue weighted by Gasteiger charge is 2.35. The van der Waals surface area contributed by atoms with Crippen LogP contribution in [0.5, 0.6) is 0 Å². The number of esters is 1. The molecule has 1 amide bonds. The van der Waals surface area contributed by atoms with Crippen LogP contribution in [0.3, 0.4) is 0 Å². The highest BCUT2D eigenvalue weighted by Crippen LogP contribution is 2.21. The summed E-state index contributed by atoms with van der Waals surface area (Å²) in [5, 5.41) is 11.0. The average molecular weight is 410 g/mol. The van der Waals surface area contributed by atoms with E-state index in [2.05, 4.69) is 0 Å². The van der Waals surface area contributed by atoms with Crippen molar-refractivity contribution in [2.24, 2.45) is 5.92 Å². The van der Waals surface area contributed by atoms with Crippen LogP contribution in [-0.4, -0.2) is 47.2 Å². The number of nitrogens with zero attached hydrogens (tertiary/aromatic N) is 2. The van der Waals surface area contributed by atoms with E-state index >= 15 is 0 Å². The molecule has 30 heavy (non-hydrogen) atoms. The third-order valence-electron chi connectivity index (χ3n) is 5.13. The SMILES string of the molecule is Cc1ccc(C(=O)COC(=O)[C@H]2CC(=O)N(CCc3ccccc3)C2)cc1[N+](=O)[O-]. The van der Waals surface area contributed by atoms with Gasteiger partial charge < -0.3 is 9.64 Å². The highest BCUT2D eigenvalue weighted by molar-refractivity contribution is 5.99. The second-order valence-corrected chi connectivity index (χ2v) is 7.27. The lowest BCUT2D eigenvalue weighted by Gasteiger charge is -2.16. The van der Waals surface area contributed by atoms with Gasteiger partial charge in [0.1, 0.15) is 0 Å². The Kier molecular flexibility index (Phi) is 6.56. The standard InChI is InChI=1S/C22H22N2O6/c1-15-7-8-17(11-19(15)24(28)29)20(25)14-30-22(27)18-12-21(26)23(13-18)10-9-16-5-3-2-4-6-16/h2-8,11,18H,9-10,12-14H2,1H3/t18-/m0/s1. The number of carbonyl (C=O) groups excluding carboxylic acids is 3. The largest absolute Gasteiger partial charge is 0.457 e. The lowest BCUT2D eigenvalue weighted by Crippen LogP contribution is -2.29. The Balaban J connectivity index is 1.51. The van der Waals surface area contributed by atoms with E-state index in [9.17, 15) is 24.5 Å². The smallest absolute Gasteiger partial charge is 0.311 e. The van der Waals surface area contributed by atoms with E-state index in [0.717, 1.165) is 5.56 Å². The van der Waals surface area contributed by atoms with Crippen LogP contribution in [0.4, 0.5) is 5.69 Å². The van der Waals surface area contributed by atoms with Crippen molar-refractivity contribution in [3.05, 3.63) is 75.3 Å². The predicted molar refractivity (Wildman–Crippen MR) is 108 cm³/mol. The van der Waals surface area contributed by atoms with Gasteiger partial charge in [-0.2, -0.15) is 0 Å². The first-order chi connectivity index (χ1) is 14.3. The summed E-state index contributed by atoms with van der Waals surface area (Å²) in [6, 6.07) is 13.9. The number of rotatable bonds is 8. The van der Waals surface area contributed by atoms with Gasteiger partial charge >= 0.3 is 5.97 Å². The fraction of sp³-hybridized carbons (Fsp3) is 0.318. The van der Waals surface area contributed by atoms with Gasteiger partial charge in [0, 0.05) is 36.7 Å². The van der Waals surface area contributed by atoms with Crippen LogP contribution >= 0.6 is 0 Å². The minimum Gasteiger partial charge on any atom is -0.457 e. The Morgan fingerprint density at radius 1 is 1.20 bits per heavy atom. The van der Waals surface area contributed by atoms with Crippen molar-refractivity contribution in [1.82, 2.24) is 4.90 Å². The lowest BCUT2D eigenvalue weighted by molar-refractivity contribution is -0.385. The molecule has 0 saturated carbocycles. The molecule has 0 aliphatic carbocycles. The summed E-state index contributed by atoms with van der Waals surface area (Å²) in [6.45, 7) is 1.83. The molecule has 1 aliphatic rings. The van der Waals surface area contributed by atoms with Gasteiger partial charge in [0.15, 0.2) is 6.61 Å². The summed E-state index contributed by atoms with van der Waals surface area (Å²) >= 11 is 0. The summed E-state index contributed by atoms with van der Waals surface area (Å²) in [4.78, 5) is 48.8. The van der Waals surface area contributed by atoms with Crippen LogP contribution in [0, 0.1) is 23.0 Å². The first-order valence-electron chi connectivity index (χ1n) is 9.61. The summed E-state index contributed by atoms with van der Waals surface area (Å²) in [5.41, 5.74) is 1.48. The summed E-state index contributed by atoms with van der Waals surface area (Å²) in [5.74, 6) is -1.88. The monoisotopic (exact) mass is 410 g/mol. The van der Waals surface area contributed by atoms with Crippen LogP contribution in [0.1, 0.15) is 27.9 Å². The summed E-state index contributed by atoms with van der Waals surface area (Å²) in [7, 11) is 0. The van der Waals surface area contributed by atoms with Crippen LogP contribution < -0.4 is 0 Å². The molecule has 1 fully saturated rings. The maximum absolute atomic E-state index is 12.3. The molecular formula is C22H22N2O6. The summed E-state index contributed by atoms with van der Waals surface area (Å²) in [6.07, 6.45) is 0.747. The topological polar surface area (TPSA) is 107 Å². The van der Waals surface area contributed by atoms with Crippen molar-refractivity contribution in [2.45, 2.75) is 19.8 Å². The molecule has 2 aromatic rings. The van der Waals surface area contributed by atoms with Gasteiger partial charge in [-0.05, 0) is 18.9 Å². The molecule has 0 aromatic heterocycles. The number of likely N-dealkylation sites (tertiary alicyclic amines) is 1. The minimum absolute atomic E-state index is 0.0534. The Morgan fingerprint density at radius 3 is 2.63 bits per heavy atom. The van der Waals surface area contributed by atoms with Crippen molar-refractivity contribution >= 4 is 23.3 Å². The zero-order chi connectivity index (χ0) is 21.7. The third-order valence-corrected chi connectivity index (χ3v) is 5.13. The van der Waals surface area contributed by atoms with Gasteiger partial charge in [-0.15, -0.1) is 0 Å². The molecule has 156 valence electrons. The molecule has 1 aliphatic heterocycles. The van der Waals surface area contributed by atoms with Crippen LogP contribution in [-0.2, 0) is 20.7 Å². The number of nitro groups is 1. The molecule has 0 spiro atoms. The number of ketones is 1. The molecule has 1 atom stereocenters. The van der Waals surface area contributed by atoms with E-state index in [4.69, 9.17) is 4.74 Å². The van der Waals surface area contributed by atoms with E-state index in [1.165, 1.54) is 18.2 Å². The Bertz CT molecular complexity index is 973. The zero-order valence-electron chi connectivity index (χ0n) is 16.6. The number of amides is 1. The van der Waals surface area contributed by atoms with E-state index in [1.807, 2.05) is 30.3 Å². The number of hydrogen-bond donors (Lipinski definition) is 0. The molecule has 0 N–H and O–H groups in total. The van der Waals surface area contributed by atoms with Gasteiger partial charge in [-0.1, -0.05) is 42.5 Å². The number of benzene rings is 2. The Morgan fingerprint density at radius 2 is 1.93 bits per heavy atom. The second kappa shape index (κ2) is 9.30. The number of Topliss-reactive ketones (excluding diaryl/α,β-unsaturated/α-hetero) is 1. The predicted octanol–water partition coefficient (Wildman–Crippen LogP) is 2.72. The van der Waals surface area contributed by atoms with Gasteiger partial charge in [-0.25, -0.2) is 0 Å². The Labute approximate surface area is 173 Å². The maximum Gasteiger partial charge on any atom is 0.311 e. The fourth-order valence-corrected chi connectivity index (χ4v) is 3.37. The van der Waals surface area contributed by atoms with Crippen LogP contribution in [0.15, 0.2) is 48.5 Å². The second-order valence-electron chi connectivity index (χ2n) is 7.27. The van der Waals surface area contributed by atoms with Crippen molar-refractivity contribution in [3.63, 3.8) is 0 Å². The Hall–Kier alpha value is -3.55. The zero-order valence-corrected chi connectivity index (χ0v) is 16.6. The lowest BCUT2D eigenvalue weighted by atomic mass is 10.1. The number of hydrogen-bond acceptors (Lipinski definition) is 6. The first-order valence-corrected chi connectivity index (χ1v) is 9.61. The molecular weight excluding hydrogens is 388 g/mol. The van der Waals surface area contributed by atoms with Crippen LogP contribution in [0.2, 0.25) is 0 Å². The quantitative estimate of drug-likeness (QED) is 0.287. The third kappa shape index (κ3) is 5.08. The van der Waals surface area contributed by atoms with Crippen molar-refractivity contribution in [1.29, 1.82) is 0 Å². The van der Waals surface area contributed by atoms with E-state index in [1.54, 1.807) is 11.8 Å². The van der Waals surface area contributed by atoms with Crippen molar-refractivity contribution in [2.75, 3.05) is 19.7 Å². The highest BCUT2D eigenvalue weighted by atomic mass is 16.6. The molecule has 2 aromatic carbocycles. The average Bonchev–Trinajstić information content (AvgIpc) is 3.11.